The number of anilines is 1. The van der Waals surface area contributed by atoms with E-state index in [9.17, 15) is 0 Å². The van der Waals surface area contributed by atoms with E-state index in [0.717, 1.165) is 20.5 Å². The highest BCUT2D eigenvalue weighted by Gasteiger charge is 2.02. The van der Waals surface area contributed by atoms with Crippen molar-refractivity contribution in [3.05, 3.63) is 40.3 Å². The van der Waals surface area contributed by atoms with Crippen LogP contribution in [0.5, 0.6) is 0 Å². The zero-order chi connectivity index (χ0) is 13.2. The highest BCUT2D eigenvalue weighted by molar-refractivity contribution is 7.19. The predicted octanol–water partition coefficient (Wildman–Crippen LogP) is 3.99. The van der Waals surface area contributed by atoms with Crippen LogP contribution in [0.2, 0.25) is 0 Å². The van der Waals surface area contributed by atoms with E-state index in [1.807, 2.05) is 43.4 Å². The van der Waals surface area contributed by atoms with Crippen molar-refractivity contribution in [2.75, 3.05) is 19.0 Å². The van der Waals surface area contributed by atoms with Gasteiger partial charge in [-0.3, -0.25) is 0 Å². The minimum absolute atomic E-state index is 1.02. The first-order valence-corrected chi connectivity index (χ1v) is 7.52. The molecule has 5 heteroatoms. The molecule has 19 heavy (non-hydrogen) atoms. The average Bonchev–Trinajstić information content (AvgIpc) is 3.02. The van der Waals surface area contributed by atoms with Crippen LogP contribution in [0.25, 0.3) is 22.4 Å². The van der Waals surface area contributed by atoms with Crippen LogP contribution in [-0.4, -0.2) is 24.1 Å². The maximum absolute atomic E-state index is 4.58. The van der Waals surface area contributed by atoms with Gasteiger partial charge in [0.25, 0.3) is 0 Å². The minimum Gasteiger partial charge on any atom is -0.354 e. The Hall–Kier alpha value is -1.72. The summed E-state index contributed by atoms with van der Waals surface area (Å²) in [5.41, 5.74) is 1.06. The molecular weight excluding hydrogens is 274 g/mol. The average molecular weight is 287 g/mol. The Kier molecular flexibility index (Phi) is 3.31. The normalized spacial score (nSPS) is 11.5. The SMILES string of the molecule is CN(C)c1ncc(/C=C/c2nc3ccccc3s2)s1. The number of rotatable bonds is 3. The summed E-state index contributed by atoms with van der Waals surface area (Å²) in [6.45, 7) is 0. The number of fused-ring (bicyclic) bond motifs is 1. The van der Waals surface area contributed by atoms with Gasteiger partial charge in [-0.25, -0.2) is 9.97 Å². The molecule has 0 amide bonds. The van der Waals surface area contributed by atoms with E-state index in [4.69, 9.17) is 0 Å². The van der Waals surface area contributed by atoms with Crippen molar-refractivity contribution in [2.24, 2.45) is 0 Å². The number of nitrogens with zero attached hydrogens (tertiary/aromatic N) is 3. The number of aromatic nitrogens is 2. The van der Waals surface area contributed by atoms with E-state index >= 15 is 0 Å². The van der Waals surface area contributed by atoms with Gasteiger partial charge < -0.3 is 4.90 Å². The molecule has 0 bridgehead atoms. The van der Waals surface area contributed by atoms with Crippen molar-refractivity contribution in [1.29, 1.82) is 0 Å². The van der Waals surface area contributed by atoms with Crippen LogP contribution < -0.4 is 4.90 Å². The molecule has 0 aliphatic carbocycles. The second-order valence-corrected chi connectivity index (χ2v) is 6.40. The summed E-state index contributed by atoms with van der Waals surface area (Å²) >= 11 is 3.38. The number of para-hydroxylation sites is 1. The van der Waals surface area contributed by atoms with Crippen LogP contribution in [0.15, 0.2) is 30.5 Å². The van der Waals surface area contributed by atoms with E-state index in [2.05, 4.69) is 28.2 Å². The van der Waals surface area contributed by atoms with Gasteiger partial charge >= 0.3 is 0 Å². The third-order valence-corrected chi connectivity index (χ3v) is 4.73. The lowest BCUT2D eigenvalue weighted by molar-refractivity contribution is 1.10. The van der Waals surface area contributed by atoms with Crippen LogP contribution in [0, 0.1) is 0 Å². The molecule has 3 nitrogen and oxygen atoms in total. The third-order valence-electron chi connectivity index (χ3n) is 2.59. The first-order chi connectivity index (χ1) is 9.22. The van der Waals surface area contributed by atoms with Crippen LogP contribution in [0.1, 0.15) is 9.88 Å². The fourth-order valence-electron chi connectivity index (χ4n) is 1.68. The lowest BCUT2D eigenvalue weighted by Gasteiger charge is -2.04. The van der Waals surface area contributed by atoms with E-state index in [0.29, 0.717) is 0 Å². The second kappa shape index (κ2) is 5.11. The summed E-state index contributed by atoms with van der Waals surface area (Å²) < 4.78 is 1.22. The molecule has 2 heterocycles. The topological polar surface area (TPSA) is 29.0 Å². The number of thiazole rings is 2. The van der Waals surface area contributed by atoms with E-state index in [1.54, 1.807) is 22.7 Å². The standard InChI is InChI=1S/C14H13N3S2/c1-17(2)14-15-9-10(18-14)7-8-13-16-11-5-3-4-6-12(11)19-13/h3-9H,1-2H3/b8-7+. The molecule has 96 valence electrons. The Morgan fingerprint density at radius 3 is 2.68 bits per heavy atom. The molecule has 0 N–H and O–H groups in total. The Morgan fingerprint density at radius 1 is 1.11 bits per heavy atom. The summed E-state index contributed by atoms with van der Waals surface area (Å²) in [6.07, 6.45) is 6.02. The van der Waals surface area contributed by atoms with Gasteiger partial charge in [-0.05, 0) is 24.3 Å². The number of hydrogen-bond acceptors (Lipinski definition) is 5. The number of hydrogen-bond donors (Lipinski definition) is 0. The minimum atomic E-state index is 1.02. The first-order valence-electron chi connectivity index (χ1n) is 5.89. The molecule has 3 aromatic rings. The van der Waals surface area contributed by atoms with Gasteiger partial charge in [-0.1, -0.05) is 23.5 Å². The molecule has 2 aromatic heterocycles. The van der Waals surface area contributed by atoms with Gasteiger partial charge in [0.2, 0.25) is 0 Å². The summed E-state index contributed by atoms with van der Waals surface area (Å²) in [5, 5.41) is 2.05. The summed E-state index contributed by atoms with van der Waals surface area (Å²) in [6, 6.07) is 8.20. The molecule has 0 unspecified atom stereocenters. The molecule has 0 radical (unpaired) electrons. The van der Waals surface area contributed by atoms with Crippen molar-refractivity contribution in [2.45, 2.75) is 0 Å². The first kappa shape index (κ1) is 12.3. The molecule has 0 spiro atoms. The molecule has 0 saturated carbocycles. The van der Waals surface area contributed by atoms with Gasteiger partial charge in [0.15, 0.2) is 5.13 Å². The van der Waals surface area contributed by atoms with Crippen molar-refractivity contribution in [3.8, 4) is 0 Å². The Balaban J connectivity index is 1.84. The van der Waals surface area contributed by atoms with E-state index in [-0.39, 0.29) is 0 Å². The Labute approximate surface area is 119 Å². The van der Waals surface area contributed by atoms with Gasteiger partial charge in [0.1, 0.15) is 5.01 Å². The fraction of sp³-hybridized carbons (Fsp3) is 0.143. The van der Waals surface area contributed by atoms with Crippen molar-refractivity contribution in [3.63, 3.8) is 0 Å². The van der Waals surface area contributed by atoms with Crippen LogP contribution >= 0.6 is 22.7 Å². The van der Waals surface area contributed by atoms with Gasteiger partial charge in [-0.2, -0.15) is 0 Å². The summed E-state index contributed by atoms with van der Waals surface area (Å²) in [5.74, 6) is 0. The maximum Gasteiger partial charge on any atom is 0.185 e. The van der Waals surface area contributed by atoms with Gasteiger partial charge in [0.05, 0.1) is 10.2 Å². The predicted molar refractivity (Wildman–Crippen MR) is 85.0 cm³/mol. The van der Waals surface area contributed by atoms with Crippen LogP contribution in [0.3, 0.4) is 0 Å². The third kappa shape index (κ3) is 2.67. The van der Waals surface area contributed by atoms with Crippen molar-refractivity contribution >= 4 is 50.2 Å². The molecular formula is C14H13N3S2. The van der Waals surface area contributed by atoms with Gasteiger partial charge in [-0.15, -0.1) is 11.3 Å². The van der Waals surface area contributed by atoms with E-state index in [1.165, 1.54) is 4.70 Å². The Bertz CT molecular complexity index is 692. The smallest absolute Gasteiger partial charge is 0.185 e. The lowest BCUT2D eigenvalue weighted by atomic mass is 10.3. The van der Waals surface area contributed by atoms with Crippen LogP contribution in [-0.2, 0) is 0 Å². The largest absolute Gasteiger partial charge is 0.354 e. The second-order valence-electron chi connectivity index (χ2n) is 4.29. The molecule has 0 fully saturated rings. The molecule has 1 aromatic carbocycles. The summed E-state index contributed by atoms with van der Waals surface area (Å²) in [4.78, 5) is 12.1. The summed E-state index contributed by atoms with van der Waals surface area (Å²) in [7, 11) is 4.00. The maximum atomic E-state index is 4.58. The van der Waals surface area contributed by atoms with Crippen molar-refractivity contribution in [1.82, 2.24) is 9.97 Å². The highest BCUT2D eigenvalue weighted by Crippen LogP contribution is 2.25. The molecule has 0 aliphatic rings. The molecule has 3 rings (SSSR count). The quantitative estimate of drug-likeness (QED) is 0.729. The Morgan fingerprint density at radius 2 is 1.95 bits per heavy atom. The van der Waals surface area contributed by atoms with Crippen LogP contribution in [0.4, 0.5) is 5.13 Å². The zero-order valence-electron chi connectivity index (χ0n) is 10.7. The van der Waals surface area contributed by atoms with E-state index < -0.39 is 0 Å². The molecule has 0 aliphatic heterocycles. The number of benzene rings is 1. The monoisotopic (exact) mass is 287 g/mol. The van der Waals surface area contributed by atoms with Gasteiger partial charge in [0, 0.05) is 25.2 Å². The zero-order valence-corrected chi connectivity index (χ0v) is 12.3. The van der Waals surface area contributed by atoms with Crippen molar-refractivity contribution < 1.29 is 0 Å². The highest BCUT2D eigenvalue weighted by atomic mass is 32.1. The fourth-order valence-corrected chi connectivity index (χ4v) is 3.29. The lowest BCUT2D eigenvalue weighted by Crippen LogP contribution is -2.07. The molecule has 0 saturated heterocycles. The molecule has 0 atom stereocenters.